The van der Waals surface area contributed by atoms with Crippen LogP contribution in [0.5, 0.6) is 0 Å². The molecule has 1 rings (SSSR count). The lowest BCUT2D eigenvalue weighted by Gasteiger charge is -2.10. The number of aromatic nitrogens is 2. The van der Waals surface area contributed by atoms with E-state index in [1.54, 1.807) is 14.1 Å². The van der Waals surface area contributed by atoms with Crippen LogP contribution in [0.3, 0.4) is 0 Å². The van der Waals surface area contributed by atoms with Crippen LogP contribution < -0.4 is 4.90 Å². The number of anilines is 1. The third kappa shape index (κ3) is 1.69. The monoisotopic (exact) mass is 237 g/mol. The number of nitrogens with zero attached hydrogens (tertiary/aromatic N) is 3. The Bertz CT molecular complexity index is 303. The minimum atomic E-state index is -0.819. The molecule has 1 aromatic rings. The van der Waals surface area contributed by atoms with E-state index < -0.39 is 11.9 Å². The van der Waals surface area contributed by atoms with Crippen molar-refractivity contribution in [2.24, 2.45) is 0 Å². The van der Waals surface area contributed by atoms with Crippen molar-refractivity contribution in [3.63, 3.8) is 0 Å². The molecule has 0 fully saturated rings. The fraction of sp³-hybridized carbons (Fsp3) is 0.333. The Labute approximate surface area is 76.6 Å². The summed E-state index contributed by atoms with van der Waals surface area (Å²) in [5.74, 6) is -1.73. The van der Waals surface area contributed by atoms with Gasteiger partial charge in [-0.15, -0.1) is 0 Å². The summed E-state index contributed by atoms with van der Waals surface area (Å²) in [4.78, 5) is 7.96. The molecule has 0 unspecified atom stereocenters. The van der Waals surface area contributed by atoms with Crippen LogP contribution in [0.2, 0.25) is 0 Å². The summed E-state index contributed by atoms with van der Waals surface area (Å²) >= 11 is 2.72. The van der Waals surface area contributed by atoms with Gasteiger partial charge in [-0.25, -0.2) is 4.98 Å². The molecular formula is C6H6BrF2N3. The Kier molecular flexibility index (Phi) is 2.56. The maximum absolute atomic E-state index is 12.9. The van der Waals surface area contributed by atoms with E-state index >= 15 is 0 Å². The number of halogens is 3. The molecule has 66 valence electrons. The summed E-state index contributed by atoms with van der Waals surface area (Å²) in [6, 6.07) is 0. The van der Waals surface area contributed by atoms with Gasteiger partial charge in [0.15, 0.2) is 10.4 Å². The van der Waals surface area contributed by atoms with Gasteiger partial charge in [0, 0.05) is 14.1 Å². The number of hydrogen-bond donors (Lipinski definition) is 0. The van der Waals surface area contributed by atoms with E-state index in [1.807, 2.05) is 0 Å². The molecule has 1 heterocycles. The quantitative estimate of drug-likeness (QED) is 0.743. The summed E-state index contributed by atoms with van der Waals surface area (Å²) in [5, 5.41) is 0. The van der Waals surface area contributed by atoms with Crippen LogP contribution in [0, 0.1) is 11.9 Å². The summed E-state index contributed by atoms with van der Waals surface area (Å²) in [7, 11) is 3.11. The molecule has 0 amide bonds. The molecule has 0 saturated heterocycles. The highest BCUT2D eigenvalue weighted by Gasteiger charge is 2.12. The van der Waals surface area contributed by atoms with E-state index in [1.165, 1.54) is 4.90 Å². The largest absolute Gasteiger partial charge is 0.359 e. The first kappa shape index (κ1) is 9.31. The Morgan fingerprint density at radius 2 is 1.75 bits per heavy atom. The van der Waals surface area contributed by atoms with Gasteiger partial charge in [0.25, 0.3) is 5.95 Å². The average Bonchev–Trinajstić information content (AvgIpc) is 1.96. The molecule has 0 spiro atoms. The van der Waals surface area contributed by atoms with Crippen molar-refractivity contribution in [3.05, 3.63) is 16.5 Å². The second kappa shape index (κ2) is 3.30. The lowest BCUT2D eigenvalue weighted by molar-refractivity contribution is 0.519. The third-order valence-electron chi connectivity index (χ3n) is 1.18. The number of rotatable bonds is 1. The van der Waals surface area contributed by atoms with E-state index in [-0.39, 0.29) is 10.4 Å². The maximum Gasteiger partial charge on any atom is 0.257 e. The maximum atomic E-state index is 12.9. The molecule has 1 aromatic heterocycles. The molecule has 3 nitrogen and oxygen atoms in total. The van der Waals surface area contributed by atoms with E-state index in [2.05, 4.69) is 25.9 Å². The smallest absolute Gasteiger partial charge is 0.257 e. The van der Waals surface area contributed by atoms with Crippen molar-refractivity contribution in [3.8, 4) is 0 Å². The summed E-state index contributed by atoms with van der Waals surface area (Å²) < 4.78 is 25.4. The van der Waals surface area contributed by atoms with Gasteiger partial charge in [-0.05, 0) is 15.9 Å². The highest BCUT2D eigenvalue weighted by Crippen LogP contribution is 2.17. The predicted molar refractivity (Wildman–Crippen MR) is 44.0 cm³/mol. The van der Waals surface area contributed by atoms with Gasteiger partial charge in [-0.3, -0.25) is 0 Å². The molecule has 6 heteroatoms. The topological polar surface area (TPSA) is 29.0 Å². The van der Waals surface area contributed by atoms with Crippen LogP contribution in [-0.4, -0.2) is 24.1 Å². The van der Waals surface area contributed by atoms with Gasteiger partial charge < -0.3 is 4.90 Å². The van der Waals surface area contributed by atoms with Crippen molar-refractivity contribution in [1.29, 1.82) is 0 Å². The van der Waals surface area contributed by atoms with Crippen LogP contribution >= 0.6 is 15.9 Å². The third-order valence-corrected chi connectivity index (χ3v) is 1.68. The minimum Gasteiger partial charge on any atom is -0.359 e. The molecule has 0 bridgehead atoms. The fourth-order valence-corrected chi connectivity index (χ4v) is 0.896. The Hall–Kier alpha value is -0.780. The van der Waals surface area contributed by atoms with Gasteiger partial charge in [0.05, 0.1) is 0 Å². The SMILES string of the molecule is CN(C)c1nc(F)c(Br)nc1F. The molecule has 0 atom stereocenters. The summed E-state index contributed by atoms with van der Waals surface area (Å²) in [6.07, 6.45) is 0. The van der Waals surface area contributed by atoms with Crippen LogP contribution in [-0.2, 0) is 0 Å². The van der Waals surface area contributed by atoms with Crippen molar-refractivity contribution >= 4 is 21.7 Å². The summed E-state index contributed by atoms with van der Waals surface area (Å²) in [5.41, 5.74) is 0. The molecule has 0 aliphatic heterocycles. The molecule has 0 N–H and O–H groups in total. The average molecular weight is 238 g/mol. The van der Waals surface area contributed by atoms with Crippen molar-refractivity contribution < 1.29 is 8.78 Å². The van der Waals surface area contributed by atoms with Gasteiger partial charge in [0.2, 0.25) is 5.95 Å². The summed E-state index contributed by atoms with van der Waals surface area (Å²) in [6.45, 7) is 0. The molecule has 0 aliphatic rings. The molecule has 0 aliphatic carbocycles. The molecule has 12 heavy (non-hydrogen) atoms. The molecule has 0 radical (unpaired) electrons. The Balaban J connectivity index is 3.23. The van der Waals surface area contributed by atoms with Gasteiger partial charge in [-0.2, -0.15) is 13.8 Å². The van der Waals surface area contributed by atoms with E-state index in [4.69, 9.17) is 0 Å². The van der Waals surface area contributed by atoms with Gasteiger partial charge >= 0.3 is 0 Å². The molecule has 0 saturated carbocycles. The van der Waals surface area contributed by atoms with E-state index in [9.17, 15) is 8.78 Å². The van der Waals surface area contributed by atoms with Crippen LogP contribution in [0.15, 0.2) is 4.60 Å². The van der Waals surface area contributed by atoms with Crippen molar-refractivity contribution in [2.75, 3.05) is 19.0 Å². The van der Waals surface area contributed by atoms with E-state index in [0.717, 1.165) is 0 Å². The highest BCUT2D eigenvalue weighted by molar-refractivity contribution is 9.10. The van der Waals surface area contributed by atoms with Gasteiger partial charge in [-0.1, -0.05) is 0 Å². The number of hydrogen-bond acceptors (Lipinski definition) is 3. The first-order valence-electron chi connectivity index (χ1n) is 3.08. The molecule has 0 aromatic carbocycles. The first-order chi connectivity index (χ1) is 5.52. The zero-order chi connectivity index (χ0) is 9.30. The van der Waals surface area contributed by atoms with E-state index in [0.29, 0.717) is 0 Å². The van der Waals surface area contributed by atoms with Crippen LogP contribution in [0.4, 0.5) is 14.6 Å². The standard InChI is InChI=1S/C6H6BrF2N3/c1-12(2)6-5(9)10-3(7)4(8)11-6/h1-2H3. The lowest BCUT2D eigenvalue weighted by atomic mass is 10.6. The zero-order valence-corrected chi connectivity index (χ0v) is 8.06. The second-order valence-corrected chi connectivity index (χ2v) is 3.07. The second-order valence-electron chi connectivity index (χ2n) is 2.31. The first-order valence-corrected chi connectivity index (χ1v) is 3.87. The van der Waals surface area contributed by atoms with Crippen LogP contribution in [0.1, 0.15) is 0 Å². The van der Waals surface area contributed by atoms with Crippen LogP contribution in [0.25, 0.3) is 0 Å². The predicted octanol–water partition coefficient (Wildman–Crippen LogP) is 1.58. The normalized spacial score (nSPS) is 10.1. The van der Waals surface area contributed by atoms with Crippen molar-refractivity contribution in [2.45, 2.75) is 0 Å². The zero-order valence-electron chi connectivity index (χ0n) is 6.48. The minimum absolute atomic E-state index is 0.115. The lowest BCUT2D eigenvalue weighted by Crippen LogP contribution is -2.14. The van der Waals surface area contributed by atoms with Gasteiger partial charge in [0.1, 0.15) is 0 Å². The Morgan fingerprint density at radius 3 is 2.25 bits per heavy atom. The van der Waals surface area contributed by atoms with Crippen molar-refractivity contribution in [1.82, 2.24) is 9.97 Å². The highest BCUT2D eigenvalue weighted by atomic mass is 79.9. The Morgan fingerprint density at radius 1 is 1.17 bits per heavy atom. The molecular weight excluding hydrogens is 232 g/mol. The fourth-order valence-electron chi connectivity index (χ4n) is 0.652.